The molecule has 6 nitrogen and oxygen atoms in total. The number of nitrogens with zero attached hydrogens (tertiary/aromatic N) is 3. The summed E-state index contributed by atoms with van der Waals surface area (Å²) in [6.45, 7) is 2.06. The van der Waals surface area contributed by atoms with E-state index in [1.165, 1.54) is 17.3 Å². The average Bonchev–Trinajstić information content (AvgIpc) is 3.18. The zero-order valence-electron chi connectivity index (χ0n) is 16.1. The van der Waals surface area contributed by atoms with Gasteiger partial charge in [-0.25, -0.2) is 9.50 Å². The fourth-order valence-corrected chi connectivity index (χ4v) is 3.66. The first-order valence-electron chi connectivity index (χ1n) is 9.10. The van der Waals surface area contributed by atoms with Crippen molar-refractivity contribution < 1.29 is 9.53 Å². The third kappa shape index (κ3) is 4.41. The number of methoxy groups -OCH3 is 1. The van der Waals surface area contributed by atoms with Crippen molar-refractivity contribution in [1.29, 1.82) is 0 Å². The number of nitrogens with one attached hydrogen (secondary N) is 1. The van der Waals surface area contributed by atoms with E-state index in [0.717, 1.165) is 33.2 Å². The number of carbonyl (C=O) groups is 1. The Morgan fingerprint density at radius 1 is 1.14 bits per heavy atom. The van der Waals surface area contributed by atoms with Gasteiger partial charge < -0.3 is 10.1 Å². The molecule has 2 aromatic heterocycles. The van der Waals surface area contributed by atoms with Crippen molar-refractivity contribution in [2.24, 2.45) is 0 Å². The average molecular weight is 404 g/mol. The predicted octanol–water partition coefficient (Wildman–Crippen LogP) is 4.44. The Kier molecular flexibility index (Phi) is 5.48. The Bertz CT molecular complexity index is 1140. The first-order valence-corrected chi connectivity index (χ1v) is 10.1. The highest BCUT2D eigenvalue weighted by Gasteiger charge is 2.11. The summed E-state index contributed by atoms with van der Waals surface area (Å²) in [5.74, 6) is 0.907. The maximum atomic E-state index is 12.3. The lowest BCUT2D eigenvalue weighted by Crippen LogP contribution is -2.14. The molecule has 0 unspecified atom stereocenters. The zero-order chi connectivity index (χ0) is 20.2. The fourth-order valence-electron chi connectivity index (χ4n) is 2.88. The molecule has 0 fully saturated rings. The van der Waals surface area contributed by atoms with Gasteiger partial charge in [-0.3, -0.25) is 4.79 Å². The standard InChI is InChI=1S/C22H20N4O2S/c1-15-3-5-16(6-4-15)19-13-20-22(23-11-12-26(20)25-19)29-14-21(27)24-17-7-9-18(28-2)10-8-17/h3-13H,14H2,1-2H3,(H,24,27). The lowest BCUT2D eigenvalue weighted by molar-refractivity contribution is -0.113. The number of carbonyl (C=O) groups excluding carboxylic acids is 1. The number of fused-ring (bicyclic) bond motifs is 1. The lowest BCUT2D eigenvalue weighted by atomic mass is 10.1. The van der Waals surface area contributed by atoms with Crippen molar-refractivity contribution in [1.82, 2.24) is 14.6 Å². The van der Waals surface area contributed by atoms with Gasteiger partial charge in [0.05, 0.1) is 24.1 Å². The Labute approximate surface area is 172 Å². The molecular formula is C22H20N4O2S. The van der Waals surface area contributed by atoms with Crippen molar-refractivity contribution >= 4 is 28.9 Å². The van der Waals surface area contributed by atoms with Gasteiger partial charge in [-0.1, -0.05) is 41.6 Å². The van der Waals surface area contributed by atoms with Crippen LogP contribution in [0.1, 0.15) is 5.56 Å². The molecule has 1 amide bonds. The summed E-state index contributed by atoms with van der Waals surface area (Å²) in [6, 6.07) is 17.5. The molecule has 7 heteroatoms. The van der Waals surface area contributed by atoms with Crippen LogP contribution in [0, 0.1) is 6.92 Å². The normalized spacial score (nSPS) is 10.8. The molecule has 0 radical (unpaired) electrons. The summed E-state index contributed by atoms with van der Waals surface area (Å²) >= 11 is 1.39. The summed E-state index contributed by atoms with van der Waals surface area (Å²) in [5.41, 5.74) is 4.74. The monoisotopic (exact) mass is 404 g/mol. The molecule has 1 N–H and O–H groups in total. The largest absolute Gasteiger partial charge is 0.497 e. The topological polar surface area (TPSA) is 68.5 Å². The highest BCUT2D eigenvalue weighted by Crippen LogP contribution is 2.26. The molecule has 4 rings (SSSR count). The molecule has 29 heavy (non-hydrogen) atoms. The van der Waals surface area contributed by atoms with E-state index in [4.69, 9.17) is 4.74 Å². The second-order valence-electron chi connectivity index (χ2n) is 6.52. The minimum absolute atomic E-state index is 0.0951. The van der Waals surface area contributed by atoms with Crippen molar-refractivity contribution in [2.45, 2.75) is 11.9 Å². The number of aryl methyl sites for hydroxylation is 1. The molecule has 0 aliphatic heterocycles. The molecule has 4 aromatic rings. The van der Waals surface area contributed by atoms with E-state index in [-0.39, 0.29) is 11.7 Å². The van der Waals surface area contributed by atoms with Crippen LogP contribution in [0.2, 0.25) is 0 Å². The predicted molar refractivity (Wildman–Crippen MR) is 116 cm³/mol. The van der Waals surface area contributed by atoms with E-state index >= 15 is 0 Å². The molecule has 0 aliphatic rings. The highest BCUT2D eigenvalue weighted by atomic mass is 32.2. The number of benzene rings is 2. The Morgan fingerprint density at radius 2 is 1.90 bits per heavy atom. The number of amides is 1. The summed E-state index contributed by atoms with van der Waals surface area (Å²) < 4.78 is 6.92. The van der Waals surface area contributed by atoms with Gasteiger partial charge in [0, 0.05) is 23.6 Å². The first-order chi connectivity index (χ1) is 14.1. The maximum absolute atomic E-state index is 12.3. The van der Waals surface area contributed by atoms with Crippen molar-refractivity contribution in [3.05, 3.63) is 72.6 Å². The van der Waals surface area contributed by atoms with Crippen LogP contribution in [0.25, 0.3) is 16.8 Å². The Hall–Kier alpha value is -3.32. The molecule has 0 spiro atoms. The maximum Gasteiger partial charge on any atom is 0.234 e. The van der Waals surface area contributed by atoms with Gasteiger partial charge in [0.15, 0.2) is 0 Å². The molecule has 2 aromatic carbocycles. The van der Waals surface area contributed by atoms with Gasteiger partial charge in [0.2, 0.25) is 5.91 Å². The minimum atomic E-state index is -0.0951. The van der Waals surface area contributed by atoms with E-state index < -0.39 is 0 Å². The number of hydrogen-bond acceptors (Lipinski definition) is 5. The van der Waals surface area contributed by atoms with Crippen molar-refractivity contribution in [3.8, 4) is 17.0 Å². The van der Waals surface area contributed by atoms with Crippen LogP contribution in [0.15, 0.2) is 72.0 Å². The minimum Gasteiger partial charge on any atom is -0.497 e. The van der Waals surface area contributed by atoms with E-state index in [1.807, 2.05) is 36.5 Å². The molecule has 2 heterocycles. The van der Waals surface area contributed by atoms with E-state index in [1.54, 1.807) is 17.8 Å². The molecule has 0 saturated carbocycles. The number of aromatic nitrogens is 3. The van der Waals surface area contributed by atoms with Crippen molar-refractivity contribution in [3.63, 3.8) is 0 Å². The number of hydrogen-bond donors (Lipinski definition) is 1. The van der Waals surface area contributed by atoms with Crippen LogP contribution < -0.4 is 10.1 Å². The number of anilines is 1. The SMILES string of the molecule is COc1ccc(NC(=O)CSc2nccn3nc(-c4ccc(C)cc4)cc23)cc1. The van der Waals surface area contributed by atoms with Gasteiger partial charge in [-0.05, 0) is 37.3 Å². The summed E-state index contributed by atoms with van der Waals surface area (Å²) in [4.78, 5) is 16.8. The fraction of sp³-hybridized carbons (Fsp3) is 0.136. The van der Waals surface area contributed by atoms with Crippen LogP contribution in [0.5, 0.6) is 5.75 Å². The highest BCUT2D eigenvalue weighted by molar-refractivity contribution is 8.00. The zero-order valence-corrected chi connectivity index (χ0v) is 16.9. The number of ether oxygens (including phenoxy) is 1. The van der Waals surface area contributed by atoms with Crippen molar-refractivity contribution in [2.75, 3.05) is 18.2 Å². The first kappa shape index (κ1) is 19.0. The van der Waals surface area contributed by atoms with E-state index in [0.29, 0.717) is 0 Å². The molecule has 0 atom stereocenters. The molecule has 0 bridgehead atoms. The third-order valence-electron chi connectivity index (χ3n) is 4.42. The number of thioether (sulfide) groups is 1. The second kappa shape index (κ2) is 8.36. The van der Waals surface area contributed by atoms with E-state index in [9.17, 15) is 4.79 Å². The molecule has 146 valence electrons. The molecular weight excluding hydrogens is 384 g/mol. The van der Waals surface area contributed by atoms with Gasteiger partial charge >= 0.3 is 0 Å². The number of rotatable bonds is 6. The molecule has 0 aliphatic carbocycles. The lowest BCUT2D eigenvalue weighted by Gasteiger charge is -2.06. The smallest absolute Gasteiger partial charge is 0.234 e. The van der Waals surface area contributed by atoms with Crippen LogP contribution in [-0.2, 0) is 4.79 Å². The Morgan fingerprint density at radius 3 is 2.62 bits per heavy atom. The quantitative estimate of drug-likeness (QED) is 0.481. The van der Waals surface area contributed by atoms with Crippen LogP contribution in [-0.4, -0.2) is 33.4 Å². The van der Waals surface area contributed by atoms with Gasteiger partial charge in [-0.2, -0.15) is 5.10 Å². The van der Waals surface area contributed by atoms with Crippen LogP contribution in [0.3, 0.4) is 0 Å². The van der Waals surface area contributed by atoms with Crippen LogP contribution in [0.4, 0.5) is 5.69 Å². The second-order valence-corrected chi connectivity index (χ2v) is 7.49. The summed E-state index contributed by atoms with van der Waals surface area (Å²) in [7, 11) is 1.61. The summed E-state index contributed by atoms with van der Waals surface area (Å²) in [5, 5.41) is 8.28. The van der Waals surface area contributed by atoms with Gasteiger partial charge in [-0.15, -0.1) is 0 Å². The van der Waals surface area contributed by atoms with Crippen LogP contribution >= 0.6 is 11.8 Å². The van der Waals surface area contributed by atoms with E-state index in [2.05, 4.69) is 46.6 Å². The van der Waals surface area contributed by atoms with Gasteiger partial charge in [0.1, 0.15) is 10.8 Å². The third-order valence-corrected chi connectivity index (χ3v) is 5.41. The summed E-state index contributed by atoms with van der Waals surface area (Å²) in [6.07, 6.45) is 3.51. The Balaban J connectivity index is 1.47. The van der Waals surface area contributed by atoms with Gasteiger partial charge in [0.25, 0.3) is 0 Å². The molecule has 0 saturated heterocycles.